The highest BCUT2D eigenvalue weighted by Gasteiger charge is 2.07. The first-order chi connectivity index (χ1) is 7.22. The molecule has 1 aromatic heterocycles. The van der Waals surface area contributed by atoms with Crippen molar-refractivity contribution < 1.29 is 4.42 Å². The van der Waals surface area contributed by atoms with Crippen LogP contribution in [-0.2, 0) is 0 Å². The summed E-state index contributed by atoms with van der Waals surface area (Å²) < 4.78 is 6.62. The molecule has 3 heteroatoms. The molecule has 0 amide bonds. The Bertz CT molecular complexity index is 575. The second kappa shape index (κ2) is 3.92. The maximum absolute atomic E-state index is 8.45. The molecule has 0 unspecified atom stereocenters. The zero-order valence-electron chi connectivity index (χ0n) is 8.12. The summed E-state index contributed by atoms with van der Waals surface area (Å²) in [7, 11) is 0. The molecule has 2 aromatic rings. The highest BCUT2D eigenvalue weighted by Crippen LogP contribution is 2.28. The van der Waals surface area contributed by atoms with E-state index in [0.717, 1.165) is 26.8 Å². The van der Waals surface area contributed by atoms with Gasteiger partial charge in [-0.1, -0.05) is 15.9 Å². The molecular weight excluding hydrogens is 254 g/mol. The first-order valence-corrected chi connectivity index (χ1v) is 5.26. The van der Waals surface area contributed by atoms with Gasteiger partial charge in [0.2, 0.25) is 0 Å². The van der Waals surface area contributed by atoms with Crippen LogP contribution in [0, 0.1) is 18.3 Å². The van der Waals surface area contributed by atoms with Crippen LogP contribution in [0.4, 0.5) is 0 Å². The Hall–Kier alpha value is -1.53. The van der Waals surface area contributed by atoms with E-state index in [0.29, 0.717) is 0 Å². The Balaban J connectivity index is 2.65. The van der Waals surface area contributed by atoms with Gasteiger partial charge in [-0.15, -0.1) is 0 Å². The van der Waals surface area contributed by atoms with E-state index in [1.165, 1.54) is 6.08 Å². The van der Waals surface area contributed by atoms with Gasteiger partial charge in [0, 0.05) is 21.5 Å². The third-order valence-electron chi connectivity index (χ3n) is 2.24. The first kappa shape index (κ1) is 10.0. The average Bonchev–Trinajstić information content (AvgIpc) is 2.53. The fourth-order valence-corrected chi connectivity index (χ4v) is 1.85. The summed E-state index contributed by atoms with van der Waals surface area (Å²) in [5, 5.41) is 9.52. The van der Waals surface area contributed by atoms with E-state index in [9.17, 15) is 0 Å². The molecule has 0 saturated carbocycles. The number of benzene rings is 1. The number of hydrogen-bond donors (Lipinski definition) is 0. The molecular formula is C12H8BrNO. The molecule has 0 aliphatic rings. The molecule has 0 bridgehead atoms. The number of allylic oxidation sites excluding steroid dienone is 1. The van der Waals surface area contributed by atoms with Crippen LogP contribution in [0.15, 0.2) is 33.2 Å². The predicted octanol–water partition coefficient (Wildman–Crippen LogP) is 4.04. The molecule has 0 fully saturated rings. The summed E-state index contributed by atoms with van der Waals surface area (Å²) in [4.78, 5) is 0. The molecule has 1 aromatic carbocycles. The molecule has 2 rings (SSSR count). The Morgan fingerprint density at radius 2 is 2.27 bits per heavy atom. The number of hydrogen-bond acceptors (Lipinski definition) is 2. The normalized spacial score (nSPS) is 11.0. The van der Waals surface area contributed by atoms with Gasteiger partial charge in [-0.3, -0.25) is 0 Å². The minimum Gasteiger partial charge on any atom is -0.456 e. The molecule has 0 saturated heterocycles. The Labute approximate surface area is 95.9 Å². The van der Waals surface area contributed by atoms with Crippen LogP contribution in [0.25, 0.3) is 17.0 Å². The summed E-state index contributed by atoms with van der Waals surface area (Å²) >= 11 is 3.42. The summed E-state index contributed by atoms with van der Waals surface area (Å²) in [6.07, 6.45) is 3.10. The second-order valence-electron chi connectivity index (χ2n) is 3.19. The maximum Gasteiger partial charge on any atom is 0.135 e. The minimum absolute atomic E-state index is 0.740. The largest absolute Gasteiger partial charge is 0.456 e. The highest BCUT2D eigenvalue weighted by atomic mass is 79.9. The van der Waals surface area contributed by atoms with Gasteiger partial charge in [-0.05, 0) is 31.2 Å². The molecule has 74 valence electrons. The standard InChI is InChI=1S/C12H8BrNO/c1-8-10-7-9(13)4-5-12(10)15-11(8)3-2-6-14/h2-5,7H,1H3/b3-2-. The number of rotatable bonds is 1. The number of furan rings is 1. The van der Waals surface area contributed by atoms with E-state index in [-0.39, 0.29) is 0 Å². The Morgan fingerprint density at radius 3 is 3.00 bits per heavy atom. The number of halogens is 1. The van der Waals surface area contributed by atoms with E-state index in [2.05, 4.69) is 15.9 Å². The lowest BCUT2D eigenvalue weighted by Gasteiger charge is -1.90. The molecule has 0 spiro atoms. The van der Waals surface area contributed by atoms with Gasteiger partial charge in [-0.2, -0.15) is 5.26 Å². The van der Waals surface area contributed by atoms with E-state index in [1.54, 1.807) is 6.08 Å². The molecule has 0 aliphatic carbocycles. The molecule has 0 atom stereocenters. The van der Waals surface area contributed by atoms with Crippen molar-refractivity contribution in [2.24, 2.45) is 0 Å². The van der Waals surface area contributed by atoms with Crippen molar-refractivity contribution >= 4 is 33.0 Å². The van der Waals surface area contributed by atoms with Gasteiger partial charge in [0.15, 0.2) is 0 Å². The predicted molar refractivity (Wildman–Crippen MR) is 63.3 cm³/mol. The number of aryl methyl sites for hydroxylation is 1. The van der Waals surface area contributed by atoms with Crippen LogP contribution < -0.4 is 0 Å². The van der Waals surface area contributed by atoms with Gasteiger partial charge in [-0.25, -0.2) is 0 Å². The van der Waals surface area contributed by atoms with E-state index in [4.69, 9.17) is 9.68 Å². The minimum atomic E-state index is 0.740. The quantitative estimate of drug-likeness (QED) is 0.727. The lowest BCUT2D eigenvalue weighted by atomic mass is 10.1. The summed E-state index contributed by atoms with van der Waals surface area (Å²) in [6, 6.07) is 7.81. The smallest absolute Gasteiger partial charge is 0.135 e. The zero-order valence-corrected chi connectivity index (χ0v) is 9.71. The lowest BCUT2D eigenvalue weighted by Crippen LogP contribution is -1.71. The number of nitriles is 1. The van der Waals surface area contributed by atoms with Crippen LogP contribution in [0.5, 0.6) is 0 Å². The highest BCUT2D eigenvalue weighted by molar-refractivity contribution is 9.10. The summed E-state index contributed by atoms with van der Waals surface area (Å²) in [5.74, 6) is 0.740. The van der Waals surface area contributed by atoms with Crippen molar-refractivity contribution in [3.8, 4) is 6.07 Å². The first-order valence-electron chi connectivity index (χ1n) is 4.47. The molecule has 1 heterocycles. The van der Waals surface area contributed by atoms with Crippen molar-refractivity contribution in [2.45, 2.75) is 6.92 Å². The molecule has 15 heavy (non-hydrogen) atoms. The summed E-state index contributed by atoms with van der Waals surface area (Å²) in [6.45, 7) is 1.98. The average molecular weight is 262 g/mol. The van der Waals surface area contributed by atoms with Crippen LogP contribution in [0.3, 0.4) is 0 Å². The van der Waals surface area contributed by atoms with Crippen molar-refractivity contribution in [3.63, 3.8) is 0 Å². The fourth-order valence-electron chi connectivity index (χ4n) is 1.48. The van der Waals surface area contributed by atoms with E-state index < -0.39 is 0 Å². The van der Waals surface area contributed by atoms with Gasteiger partial charge >= 0.3 is 0 Å². The van der Waals surface area contributed by atoms with Crippen LogP contribution >= 0.6 is 15.9 Å². The van der Waals surface area contributed by atoms with Gasteiger partial charge in [0.1, 0.15) is 11.3 Å². The second-order valence-corrected chi connectivity index (χ2v) is 4.11. The SMILES string of the molecule is Cc1c(/C=C\C#N)oc2ccc(Br)cc12. The van der Waals surface area contributed by atoms with E-state index >= 15 is 0 Å². The van der Waals surface area contributed by atoms with Crippen LogP contribution in [-0.4, -0.2) is 0 Å². The van der Waals surface area contributed by atoms with Crippen molar-refractivity contribution in [1.29, 1.82) is 5.26 Å². The molecule has 2 nitrogen and oxygen atoms in total. The third-order valence-corrected chi connectivity index (χ3v) is 2.74. The Morgan fingerprint density at radius 1 is 1.47 bits per heavy atom. The van der Waals surface area contributed by atoms with Crippen LogP contribution in [0.2, 0.25) is 0 Å². The van der Waals surface area contributed by atoms with Gasteiger partial charge < -0.3 is 4.42 Å². The third kappa shape index (κ3) is 1.81. The topological polar surface area (TPSA) is 36.9 Å². The number of fused-ring (bicyclic) bond motifs is 1. The van der Waals surface area contributed by atoms with Crippen molar-refractivity contribution in [3.05, 3.63) is 40.1 Å². The lowest BCUT2D eigenvalue weighted by molar-refractivity contribution is 0.601. The van der Waals surface area contributed by atoms with Gasteiger partial charge in [0.25, 0.3) is 0 Å². The molecule has 0 aliphatic heterocycles. The van der Waals surface area contributed by atoms with Crippen LogP contribution in [0.1, 0.15) is 11.3 Å². The van der Waals surface area contributed by atoms with Gasteiger partial charge in [0.05, 0.1) is 6.07 Å². The summed E-state index contributed by atoms with van der Waals surface area (Å²) in [5.41, 5.74) is 1.89. The maximum atomic E-state index is 8.45. The molecule has 0 radical (unpaired) electrons. The fraction of sp³-hybridized carbons (Fsp3) is 0.0833. The van der Waals surface area contributed by atoms with Crippen molar-refractivity contribution in [1.82, 2.24) is 0 Å². The van der Waals surface area contributed by atoms with Crippen molar-refractivity contribution in [2.75, 3.05) is 0 Å². The molecule has 0 N–H and O–H groups in total. The zero-order chi connectivity index (χ0) is 10.8. The number of nitrogens with zero attached hydrogens (tertiary/aromatic N) is 1. The monoisotopic (exact) mass is 261 g/mol. The Kier molecular flexibility index (Phi) is 2.61. The van der Waals surface area contributed by atoms with E-state index in [1.807, 2.05) is 31.2 Å².